The van der Waals surface area contributed by atoms with Gasteiger partial charge in [-0.3, -0.25) is 0 Å². The Labute approximate surface area is 132 Å². The molecule has 1 rings (SSSR count). The molecule has 0 amide bonds. The highest BCUT2D eigenvalue weighted by Crippen LogP contribution is 2.29. The van der Waals surface area contributed by atoms with Gasteiger partial charge in [-0.25, -0.2) is 8.42 Å². The zero-order valence-corrected chi connectivity index (χ0v) is 14.6. The maximum Gasteiger partial charge on any atom is 0.244 e. The van der Waals surface area contributed by atoms with E-state index in [0.717, 1.165) is 18.5 Å². The molecule has 1 aromatic rings. The Bertz CT molecular complexity index is 588. The Morgan fingerprint density at radius 1 is 1.24 bits per heavy atom. The molecule has 0 aliphatic rings. The minimum absolute atomic E-state index is 0.0824. The van der Waals surface area contributed by atoms with Crippen LogP contribution in [0, 0.1) is 6.92 Å². The molecule has 120 valence electrons. The van der Waals surface area contributed by atoms with Crippen molar-refractivity contribution in [3.05, 3.63) is 22.7 Å². The molecule has 1 aromatic carbocycles. The smallest absolute Gasteiger partial charge is 0.244 e. The number of anilines is 1. The van der Waals surface area contributed by atoms with Crippen LogP contribution in [0.5, 0.6) is 0 Å². The van der Waals surface area contributed by atoms with Gasteiger partial charge < -0.3 is 10.6 Å². The van der Waals surface area contributed by atoms with Gasteiger partial charge in [-0.2, -0.15) is 4.31 Å². The molecule has 0 saturated carbocycles. The second kappa shape index (κ2) is 7.45. The van der Waals surface area contributed by atoms with Crippen molar-refractivity contribution < 1.29 is 8.42 Å². The van der Waals surface area contributed by atoms with Crippen molar-refractivity contribution in [2.24, 2.45) is 0 Å². The third-order valence-corrected chi connectivity index (χ3v) is 5.74. The molecule has 0 heterocycles. The van der Waals surface area contributed by atoms with Crippen LogP contribution >= 0.6 is 11.6 Å². The average molecular weight is 334 g/mol. The molecule has 0 atom stereocenters. The minimum atomic E-state index is -3.62. The number of aryl methyl sites for hydroxylation is 1. The number of rotatable bonds is 7. The lowest BCUT2D eigenvalue weighted by atomic mass is 10.2. The predicted octanol–water partition coefficient (Wildman–Crippen LogP) is 2.19. The first kappa shape index (κ1) is 18.2. The largest absolute Gasteiger partial charge is 0.398 e. The molecule has 0 aromatic heterocycles. The van der Waals surface area contributed by atoms with E-state index >= 15 is 0 Å². The summed E-state index contributed by atoms with van der Waals surface area (Å²) in [5.74, 6) is 0. The summed E-state index contributed by atoms with van der Waals surface area (Å²) in [6, 6.07) is 3.04. The van der Waals surface area contributed by atoms with Crippen LogP contribution < -0.4 is 5.73 Å². The van der Waals surface area contributed by atoms with E-state index in [1.807, 2.05) is 25.9 Å². The number of sulfonamides is 1. The van der Waals surface area contributed by atoms with Crippen LogP contribution in [0.3, 0.4) is 0 Å². The number of benzene rings is 1. The van der Waals surface area contributed by atoms with Crippen molar-refractivity contribution in [3.63, 3.8) is 0 Å². The molecule has 21 heavy (non-hydrogen) atoms. The van der Waals surface area contributed by atoms with Gasteiger partial charge in [-0.05, 0) is 51.7 Å². The predicted molar refractivity (Wildman–Crippen MR) is 88.2 cm³/mol. The zero-order chi connectivity index (χ0) is 16.2. The van der Waals surface area contributed by atoms with Gasteiger partial charge in [0.2, 0.25) is 10.0 Å². The minimum Gasteiger partial charge on any atom is -0.398 e. The normalized spacial score (nSPS) is 12.3. The molecule has 0 fully saturated rings. The monoisotopic (exact) mass is 333 g/mol. The summed E-state index contributed by atoms with van der Waals surface area (Å²) in [4.78, 5) is 2.11. The maximum absolute atomic E-state index is 12.7. The first-order valence-corrected chi connectivity index (χ1v) is 8.72. The topological polar surface area (TPSA) is 66.6 Å². The molecular weight excluding hydrogens is 310 g/mol. The molecule has 0 radical (unpaired) electrons. The van der Waals surface area contributed by atoms with Gasteiger partial charge in [0, 0.05) is 18.8 Å². The van der Waals surface area contributed by atoms with E-state index in [9.17, 15) is 8.42 Å². The molecule has 2 N–H and O–H groups in total. The maximum atomic E-state index is 12.7. The highest BCUT2D eigenvalue weighted by Gasteiger charge is 2.26. The van der Waals surface area contributed by atoms with Gasteiger partial charge in [-0.15, -0.1) is 0 Å². The van der Waals surface area contributed by atoms with Gasteiger partial charge in [-0.1, -0.05) is 18.5 Å². The van der Waals surface area contributed by atoms with E-state index < -0.39 is 10.0 Å². The second-order valence-corrected chi connectivity index (χ2v) is 7.61. The number of nitrogen functional groups attached to an aromatic ring is 1. The van der Waals surface area contributed by atoms with E-state index in [1.165, 1.54) is 10.4 Å². The Kier molecular flexibility index (Phi) is 6.46. The molecular formula is C14H24ClN3O2S. The summed E-state index contributed by atoms with van der Waals surface area (Å²) in [6.07, 6.45) is 0.763. The van der Waals surface area contributed by atoms with Crippen LogP contribution in [0.4, 0.5) is 5.69 Å². The molecule has 0 bridgehead atoms. The molecule has 0 unspecified atom stereocenters. The lowest BCUT2D eigenvalue weighted by molar-refractivity contribution is 0.356. The second-order valence-electron chi connectivity index (χ2n) is 5.29. The van der Waals surface area contributed by atoms with Crippen LogP contribution in [-0.2, 0) is 10.0 Å². The first-order valence-electron chi connectivity index (χ1n) is 6.90. The van der Waals surface area contributed by atoms with E-state index in [-0.39, 0.29) is 9.92 Å². The molecule has 0 spiro atoms. The van der Waals surface area contributed by atoms with Gasteiger partial charge >= 0.3 is 0 Å². The highest BCUT2D eigenvalue weighted by molar-refractivity contribution is 7.89. The van der Waals surface area contributed by atoms with Crippen LogP contribution in [0.1, 0.15) is 18.9 Å². The van der Waals surface area contributed by atoms with Crippen molar-refractivity contribution in [2.75, 3.05) is 39.5 Å². The van der Waals surface area contributed by atoms with Crippen LogP contribution in [-0.4, -0.2) is 51.4 Å². The number of hydrogen-bond donors (Lipinski definition) is 1. The zero-order valence-electron chi connectivity index (χ0n) is 13.1. The fourth-order valence-corrected chi connectivity index (χ4v) is 4.10. The van der Waals surface area contributed by atoms with Gasteiger partial charge in [0.1, 0.15) is 4.90 Å². The molecule has 0 saturated heterocycles. The van der Waals surface area contributed by atoms with Crippen molar-refractivity contribution >= 4 is 27.3 Å². The highest BCUT2D eigenvalue weighted by atomic mass is 35.5. The number of nitrogens with two attached hydrogens (primary N) is 1. The van der Waals surface area contributed by atoms with Gasteiger partial charge in [0.05, 0.1) is 5.02 Å². The molecule has 0 aliphatic heterocycles. The summed E-state index contributed by atoms with van der Waals surface area (Å²) in [7, 11) is 0.305. The van der Waals surface area contributed by atoms with E-state index in [1.54, 1.807) is 13.0 Å². The summed E-state index contributed by atoms with van der Waals surface area (Å²) >= 11 is 6.10. The quantitative estimate of drug-likeness (QED) is 0.777. The number of hydrogen-bond acceptors (Lipinski definition) is 4. The number of halogens is 1. The summed E-state index contributed by atoms with van der Waals surface area (Å²) < 4.78 is 26.8. The molecule has 5 nitrogen and oxygen atoms in total. The lowest BCUT2D eigenvalue weighted by Gasteiger charge is -2.22. The molecule has 7 heteroatoms. The summed E-state index contributed by atoms with van der Waals surface area (Å²) in [6.45, 7) is 5.31. The Balaban J connectivity index is 3.05. The Hall–Kier alpha value is -0.820. The third kappa shape index (κ3) is 4.57. The van der Waals surface area contributed by atoms with E-state index in [0.29, 0.717) is 18.8 Å². The van der Waals surface area contributed by atoms with Crippen molar-refractivity contribution in [2.45, 2.75) is 25.2 Å². The van der Waals surface area contributed by atoms with Crippen LogP contribution in [0.25, 0.3) is 0 Å². The standard InChI is InChI=1S/C14H24ClN3O2S/c1-5-18(8-6-7-17(3)4)21(19,20)14-10-13(16)11(2)9-12(14)15/h9-10H,5-8,16H2,1-4H3. The van der Waals surface area contributed by atoms with Crippen LogP contribution in [0.2, 0.25) is 5.02 Å². The Morgan fingerprint density at radius 3 is 2.38 bits per heavy atom. The SMILES string of the molecule is CCN(CCCN(C)C)S(=O)(=O)c1cc(N)c(C)cc1Cl. The van der Waals surface area contributed by atoms with Crippen LogP contribution in [0.15, 0.2) is 17.0 Å². The average Bonchev–Trinajstić information content (AvgIpc) is 2.38. The van der Waals surface area contributed by atoms with Gasteiger partial charge in [0.25, 0.3) is 0 Å². The van der Waals surface area contributed by atoms with Crippen molar-refractivity contribution in [1.29, 1.82) is 0 Å². The fraction of sp³-hybridized carbons (Fsp3) is 0.571. The number of nitrogens with zero attached hydrogens (tertiary/aromatic N) is 2. The van der Waals surface area contributed by atoms with Gasteiger partial charge in [0.15, 0.2) is 0 Å². The van der Waals surface area contributed by atoms with Crippen molar-refractivity contribution in [3.8, 4) is 0 Å². The first-order chi connectivity index (χ1) is 9.70. The van der Waals surface area contributed by atoms with E-state index in [4.69, 9.17) is 17.3 Å². The third-order valence-electron chi connectivity index (χ3n) is 3.30. The fourth-order valence-electron chi connectivity index (χ4n) is 2.02. The summed E-state index contributed by atoms with van der Waals surface area (Å²) in [5.41, 5.74) is 7.02. The van der Waals surface area contributed by atoms with Crippen molar-refractivity contribution in [1.82, 2.24) is 9.21 Å². The van der Waals surface area contributed by atoms with E-state index in [2.05, 4.69) is 0 Å². The molecule has 0 aliphatic carbocycles. The summed E-state index contributed by atoms with van der Waals surface area (Å²) in [5, 5.41) is 0.216. The lowest BCUT2D eigenvalue weighted by Crippen LogP contribution is -2.33. The Morgan fingerprint density at radius 2 is 1.86 bits per heavy atom.